The third-order valence-electron chi connectivity index (χ3n) is 2.80. The molecule has 0 spiro atoms. The molecule has 4 nitrogen and oxygen atoms in total. The Morgan fingerprint density at radius 2 is 1.90 bits per heavy atom. The molecule has 0 radical (unpaired) electrons. The Morgan fingerprint density at radius 1 is 1.29 bits per heavy atom. The first kappa shape index (κ1) is 16.0. The van der Waals surface area contributed by atoms with Gasteiger partial charge in [0.05, 0.1) is 4.90 Å². The maximum Gasteiger partial charge on any atom is 0.240 e. The monoisotopic (exact) mass is 333 g/mol. The number of rotatable bonds is 5. The van der Waals surface area contributed by atoms with Crippen LogP contribution in [0, 0.1) is 11.6 Å². The van der Waals surface area contributed by atoms with Gasteiger partial charge < -0.3 is 5.11 Å². The van der Waals surface area contributed by atoms with E-state index in [-0.39, 0.29) is 6.54 Å². The van der Waals surface area contributed by atoms with Crippen molar-refractivity contribution in [2.24, 2.45) is 0 Å². The molecule has 0 fully saturated rings. The molecule has 8 heteroatoms. The van der Waals surface area contributed by atoms with Crippen LogP contribution in [0.25, 0.3) is 0 Å². The van der Waals surface area contributed by atoms with Crippen LogP contribution in [0.5, 0.6) is 0 Å². The van der Waals surface area contributed by atoms with E-state index >= 15 is 0 Å². The van der Waals surface area contributed by atoms with Crippen molar-refractivity contribution in [1.29, 1.82) is 0 Å². The van der Waals surface area contributed by atoms with E-state index in [2.05, 4.69) is 4.72 Å². The largest absolute Gasteiger partial charge is 0.383 e. The van der Waals surface area contributed by atoms with Crippen LogP contribution in [0.1, 0.15) is 11.8 Å². The molecule has 1 atom stereocenters. The van der Waals surface area contributed by atoms with Crippen LogP contribution < -0.4 is 4.72 Å². The fraction of sp³-hybridized carbons (Fsp3) is 0.231. The Kier molecular flexibility index (Phi) is 4.43. The number of aliphatic hydroxyl groups is 1. The molecule has 0 saturated heterocycles. The number of nitrogens with one attached hydrogen (secondary N) is 1. The molecule has 0 aliphatic heterocycles. The van der Waals surface area contributed by atoms with Gasteiger partial charge >= 0.3 is 0 Å². The highest BCUT2D eigenvalue weighted by Gasteiger charge is 2.27. The van der Waals surface area contributed by atoms with Gasteiger partial charge in [-0.1, -0.05) is 6.07 Å². The van der Waals surface area contributed by atoms with Gasteiger partial charge in [0.15, 0.2) is 0 Å². The van der Waals surface area contributed by atoms with Crippen LogP contribution in [0.15, 0.2) is 40.6 Å². The normalized spacial score (nSPS) is 14.9. The summed E-state index contributed by atoms with van der Waals surface area (Å²) in [6.07, 6.45) is 0. The van der Waals surface area contributed by atoms with E-state index in [9.17, 15) is 22.3 Å². The summed E-state index contributed by atoms with van der Waals surface area (Å²) in [6.45, 7) is 1.14. The smallest absolute Gasteiger partial charge is 0.240 e. The van der Waals surface area contributed by atoms with Crippen LogP contribution in [-0.4, -0.2) is 20.1 Å². The molecule has 2 rings (SSSR count). The molecular formula is C13H13F2NO3S2. The van der Waals surface area contributed by atoms with Crippen molar-refractivity contribution in [2.75, 3.05) is 6.54 Å². The summed E-state index contributed by atoms with van der Waals surface area (Å²) in [5.41, 5.74) is -1.41. The van der Waals surface area contributed by atoms with Gasteiger partial charge in [-0.05, 0) is 30.5 Å². The SMILES string of the molecule is CC(O)(CNS(=O)(=O)c1cc(F)cc(F)c1)c1cccs1. The highest BCUT2D eigenvalue weighted by Crippen LogP contribution is 2.25. The molecule has 0 amide bonds. The topological polar surface area (TPSA) is 66.4 Å². The predicted octanol–water partition coefficient (Wildman–Crippen LogP) is 2.21. The highest BCUT2D eigenvalue weighted by molar-refractivity contribution is 7.89. The minimum absolute atomic E-state index is 0.312. The zero-order valence-electron chi connectivity index (χ0n) is 11.0. The lowest BCUT2D eigenvalue weighted by atomic mass is 10.1. The van der Waals surface area contributed by atoms with Crippen molar-refractivity contribution in [3.05, 3.63) is 52.2 Å². The van der Waals surface area contributed by atoms with E-state index in [4.69, 9.17) is 0 Å². The minimum Gasteiger partial charge on any atom is -0.383 e. The van der Waals surface area contributed by atoms with Crippen LogP contribution in [0.4, 0.5) is 8.78 Å². The maximum atomic E-state index is 13.1. The van der Waals surface area contributed by atoms with Gasteiger partial charge in [-0.2, -0.15) is 0 Å². The number of halogens is 2. The second-order valence-corrected chi connectivity index (χ2v) is 7.40. The standard InChI is InChI=1S/C13H13F2NO3S2/c1-13(17,12-3-2-4-20-12)8-16-21(18,19)11-6-9(14)5-10(15)7-11/h2-7,16-17H,8H2,1H3. The lowest BCUT2D eigenvalue weighted by molar-refractivity contribution is 0.0666. The molecule has 1 unspecified atom stereocenters. The number of benzene rings is 1. The molecule has 1 heterocycles. The molecule has 1 aromatic heterocycles. The first-order valence-electron chi connectivity index (χ1n) is 5.93. The van der Waals surface area contributed by atoms with Gasteiger partial charge in [-0.25, -0.2) is 21.9 Å². The number of thiophene rings is 1. The zero-order chi connectivity index (χ0) is 15.7. The average Bonchev–Trinajstić information content (AvgIpc) is 2.90. The Labute approximate surface area is 125 Å². The van der Waals surface area contributed by atoms with Crippen LogP contribution in [0.3, 0.4) is 0 Å². The van der Waals surface area contributed by atoms with E-state index < -0.39 is 32.2 Å². The third kappa shape index (κ3) is 3.85. The van der Waals surface area contributed by atoms with E-state index in [1.807, 2.05) is 0 Å². The summed E-state index contributed by atoms with van der Waals surface area (Å²) in [6, 6.07) is 5.41. The van der Waals surface area contributed by atoms with Gasteiger partial charge in [0.25, 0.3) is 0 Å². The van der Waals surface area contributed by atoms with Crippen LogP contribution in [0.2, 0.25) is 0 Å². The van der Waals surface area contributed by atoms with Crippen molar-refractivity contribution in [1.82, 2.24) is 4.72 Å². The molecule has 2 N–H and O–H groups in total. The minimum atomic E-state index is -4.11. The molecule has 0 saturated carbocycles. The molecule has 114 valence electrons. The second kappa shape index (κ2) is 5.80. The van der Waals surface area contributed by atoms with Crippen molar-refractivity contribution in [3.8, 4) is 0 Å². The Morgan fingerprint density at radius 3 is 2.43 bits per heavy atom. The molecule has 21 heavy (non-hydrogen) atoms. The lowest BCUT2D eigenvalue weighted by Crippen LogP contribution is -2.38. The Hall–Kier alpha value is -1.35. The zero-order valence-corrected chi connectivity index (χ0v) is 12.6. The Bertz CT molecular complexity index is 708. The second-order valence-electron chi connectivity index (χ2n) is 4.68. The van der Waals surface area contributed by atoms with Crippen molar-refractivity contribution in [2.45, 2.75) is 17.4 Å². The molecule has 2 aromatic rings. The van der Waals surface area contributed by atoms with Crippen molar-refractivity contribution >= 4 is 21.4 Å². The van der Waals surface area contributed by atoms with E-state index in [1.54, 1.807) is 17.5 Å². The Balaban J connectivity index is 2.18. The van der Waals surface area contributed by atoms with Gasteiger partial charge in [0, 0.05) is 17.5 Å². The quantitative estimate of drug-likeness (QED) is 0.882. The summed E-state index contributed by atoms with van der Waals surface area (Å²) in [7, 11) is -4.11. The average molecular weight is 333 g/mol. The summed E-state index contributed by atoms with van der Waals surface area (Å²) in [5.74, 6) is -1.97. The predicted molar refractivity (Wildman–Crippen MR) is 75.4 cm³/mol. The fourth-order valence-corrected chi connectivity index (χ4v) is 3.63. The molecule has 0 aliphatic rings. The molecular weight excluding hydrogens is 320 g/mol. The van der Waals surface area contributed by atoms with Gasteiger partial charge in [0.2, 0.25) is 10.0 Å². The van der Waals surface area contributed by atoms with Gasteiger partial charge in [-0.15, -0.1) is 11.3 Å². The summed E-state index contributed by atoms with van der Waals surface area (Å²) >= 11 is 1.28. The molecule has 0 aliphatic carbocycles. The van der Waals surface area contributed by atoms with E-state index in [0.717, 1.165) is 0 Å². The van der Waals surface area contributed by atoms with E-state index in [0.29, 0.717) is 23.1 Å². The maximum absolute atomic E-state index is 13.1. The van der Waals surface area contributed by atoms with Crippen LogP contribution in [-0.2, 0) is 15.6 Å². The van der Waals surface area contributed by atoms with Crippen molar-refractivity contribution in [3.63, 3.8) is 0 Å². The first-order valence-corrected chi connectivity index (χ1v) is 8.29. The fourth-order valence-electron chi connectivity index (χ4n) is 1.67. The number of hydrogen-bond acceptors (Lipinski definition) is 4. The molecule has 0 bridgehead atoms. The summed E-state index contributed by atoms with van der Waals surface area (Å²) < 4.78 is 52.3. The summed E-state index contributed by atoms with van der Waals surface area (Å²) in [5, 5.41) is 12.0. The summed E-state index contributed by atoms with van der Waals surface area (Å²) in [4.78, 5) is 0.0533. The van der Waals surface area contributed by atoms with Gasteiger partial charge in [-0.3, -0.25) is 0 Å². The number of sulfonamides is 1. The molecule has 1 aromatic carbocycles. The number of hydrogen-bond donors (Lipinski definition) is 2. The highest BCUT2D eigenvalue weighted by atomic mass is 32.2. The first-order chi connectivity index (χ1) is 9.71. The third-order valence-corrected chi connectivity index (χ3v) is 5.31. The lowest BCUT2D eigenvalue weighted by Gasteiger charge is -2.22. The van der Waals surface area contributed by atoms with E-state index in [1.165, 1.54) is 18.3 Å². The van der Waals surface area contributed by atoms with Crippen LogP contribution >= 0.6 is 11.3 Å². The van der Waals surface area contributed by atoms with Crippen molar-refractivity contribution < 1.29 is 22.3 Å². The van der Waals surface area contributed by atoms with Gasteiger partial charge in [0.1, 0.15) is 17.2 Å².